The molecule has 0 aliphatic carbocycles. The van der Waals surface area contributed by atoms with Crippen molar-refractivity contribution in [2.24, 2.45) is 0 Å². The van der Waals surface area contributed by atoms with Crippen LogP contribution in [-0.4, -0.2) is 38.1 Å². The number of likely N-dealkylation sites (N-methyl/N-ethyl adjacent to an activating group) is 1. The van der Waals surface area contributed by atoms with E-state index in [9.17, 15) is 9.59 Å². The van der Waals surface area contributed by atoms with E-state index in [1.807, 2.05) is 24.0 Å². The van der Waals surface area contributed by atoms with E-state index >= 15 is 0 Å². The molecule has 0 atom stereocenters. The smallest absolute Gasteiger partial charge is 0.336 e. The summed E-state index contributed by atoms with van der Waals surface area (Å²) in [7, 11) is 3.15. The van der Waals surface area contributed by atoms with Crippen LogP contribution in [0.3, 0.4) is 0 Å². The third kappa shape index (κ3) is 5.14. The van der Waals surface area contributed by atoms with Gasteiger partial charge in [-0.3, -0.25) is 9.69 Å². The molecule has 3 rings (SSSR count). The highest BCUT2D eigenvalue weighted by Crippen LogP contribution is 2.23. The summed E-state index contributed by atoms with van der Waals surface area (Å²) in [4.78, 5) is 26.4. The van der Waals surface area contributed by atoms with Crippen LogP contribution in [0.1, 0.15) is 12.5 Å². The molecule has 1 heterocycles. The summed E-state index contributed by atoms with van der Waals surface area (Å²) in [6.07, 6.45) is 0. The van der Waals surface area contributed by atoms with Gasteiger partial charge in [-0.25, -0.2) is 4.79 Å². The van der Waals surface area contributed by atoms with Crippen LogP contribution in [0.25, 0.3) is 11.0 Å². The van der Waals surface area contributed by atoms with Crippen LogP contribution in [0.5, 0.6) is 11.5 Å². The number of methoxy groups -OCH3 is 2. The van der Waals surface area contributed by atoms with Gasteiger partial charge in [0.15, 0.2) is 0 Å². The van der Waals surface area contributed by atoms with Crippen LogP contribution in [0.4, 0.5) is 5.69 Å². The zero-order valence-electron chi connectivity index (χ0n) is 16.7. The van der Waals surface area contributed by atoms with Gasteiger partial charge >= 0.3 is 5.63 Å². The van der Waals surface area contributed by atoms with Crippen molar-refractivity contribution in [3.8, 4) is 11.5 Å². The predicted molar refractivity (Wildman–Crippen MR) is 112 cm³/mol. The number of fused-ring (bicyclic) bond motifs is 1. The lowest BCUT2D eigenvalue weighted by atomic mass is 10.1. The van der Waals surface area contributed by atoms with Gasteiger partial charge in [-0.1, -0.05) is 6.92 Å². The van der Waals surface area contributed by atoms with Crippen molar-refractivity contribution in [1.82, 2.24) is 4.90 Å². The summed E-state index contributed by atoms with van der Waals surface area (Å²) in [5.74, 6) is 1.21. The molecule has 0 unspecified atom stereocenters. The van der Waals surface area contributed by atoms with Gasteiger partial charge in [0.2, 0.25) is 5.91 Å². The average Bonchev–Trinajstić information content (AvgIpc) is 2.73. The van der Waals surface area contributed by atoms with Crippen LogP contribution in [0.15, 0.2) is 57.7 Å². The number of hydrogen-bond donors (Lipinski definition) is 1. The Morgan fingerprint density at radius 1 is 1.03 bits per heavy atom. The summed E-state index contributed by atoms with van der Waals surface area (Å²) < 4.78 is 15.6. The molecule has 7 heteroatoms. The molecular weight excluding hydrogens is 372 g/mol. The molecule has 0 saturated carbocycles. The topological polar surface area (TPSA) is 81.0 Å². The number of ether oxygens (including phenoxy) is 2. The van der Waals surface area contributed by atoms with E-state index in [0.717, 1.165) is 16.7 Å². The van der Waals surface area contributed by atoms with Gasteiger partial charge in [-0.2, -0.15) is 0 Å². The molecule has 152 valence electrons. The summed E-state index contributed by atoms with van der Waals surface area (Å²) in [5.41, 5.74) is 1.54. The predicted octanol–water partition coefficient (Wildman–Crippen LogP) is 3.27. The van der Waals surface area contributed by atoms with Crippen molar-refractivity contribution >= 4 is 22.6 Å². The maximum atomic E-state index is 12.5. The fourth-order valence-electron chi connectivity index (χ4n) is 3.07. The van der Waals surface area contributed by atoms with Gasteiger partial charge in [0.05, 0.1) is 20.8 Å². The van der Waals surface area contributed by atoms with E-state index in [-0.39, 0.29) is 12.5 Å². The Morgan fingerprint density at radius 3 is 2.38 bits per heavy atom. The van der Waals surface area contributed by atoms with Crippen LogP contribution >= 0.6 is 0 Å². The van der Waals surface area contributed by atoms with Gasteiger partial charge in [0.25, 0.3) is 0 Å². The van der Waals surface area contributed by atoms with Crippen molar-refractivity contribution in [3.63, 3.8) is 0 Å². The maximum absolute atomic E-state index is 12.5. The number of anilines is 1. The largest absolute Gasteiger partial charge is 0.497 e. The van der Waals surface area contributed by atoms with Crippen molar-refractivity contribution in [1.29, 1.82) is 0 Å². The van der Waals surface area contributed by atoms with Gasteiger partial charge in [0.1, 0.15) is 17.1 Å². The highest BCUT2D eigenvalue weighted by atomic mass is 16.5. The van der Waals surface area contributed by atoms with E-state index in [0.29, 0.717) is 30.1 Å². The molecule has 3 aromatic rings. The Hall–Kier alpha value is -3.32. The van der Waals surface area contributed by atoms with Gasteiger partial charge < -0.3 is 19.2 Å². The van der Waals surface area contributed by atoms with Gasteiger partial charge in [0, 0.05) is 29.8 Å². The molecule has 0 spiro atoms. The van der Waals surface area contributed by atoms with E-state index in [1.165, 1.54) is 6.07 Å². The lowest BCUT2D eigenvalue weighted by molar-refractivity contribution is -0.117. The number of rotatable bonds is 8. The lowest BCUT2D eigenvalue weighted by Crippen LogP contribution is -2.33. The summed E-state index contributed by atoms with van der Waals surface area (Å²) in [6, 6.07) is 14.0. The molecule has 0 fully saturated rings. The minimum atomic E-state index is -0.431. The Morgan fingerprint density at radius 2 is 1.72 bits per heavy atom. The van der Waals surface area contributed by atoms with Crippen LogP contribution in [0, 0.1) is 0 Å². The third-order valence-electron chi connectivity index (χ3n) is 4.62. The molecule has 1 aromatic heterocycles. The first kappa shape index (κ1) is 20.4. The van der Waals surface area contributed by atoms with Crippen LogP contribution in [0.2, 0.25) is 0 Å². The van der Waals surface area contributed by atoms with E-state index in [4.69, 9.17) is 13.9 Å². The SMILES string of the molecule is CCN(CC(=O)Nc1ccc(OC)cc1)Cc1cc(=O)oc2cc(OC)ccc12. The molecule has 0 aliphatic heterocycles. The number of nitrogens with one attached hydrogen (secondary N) is 1. The zero-order chi connectivity index (χ0) is 20.8. The van der Waals surface area contributed by atoms with Crippen LogP contribution in [-0.2, 0) is 11.3 Å². The van der Waals surface area contributed by atoms with Gasteiger partial charge in [-0.15, -0.1) is 0 Å². The first-order chi connectivity index (χ1) is 14.0. The Bertz CT molecular complexity index is 1040. The van der Waals surface area contributed by atoms with E-state index in [1.54, 1.807) is 44.6 Å². The molecule has 1 amide bonds. The first-order valence-electron chi connectivity index (χ1n) is 9.29. The number of hydrogen-bond acceptors (Lipinski definition) is 6. The minimum absolute atomic E-state index is 0.133. The van der Waals surface area contributed by atoms with Crippen molar-refractivity contribution in [2.75, 3.05) is 32.6 Å². The van der Waals surface area contributed by atoms with E-state index < -0.39 is 5.63 Å². The summed E-state index contributed by atoms with van der Waals surface area (Å²) in [6.45, 7) is 3.26. The molecule has 2 aromatic carbocycles. The Balaban J connectivity index is 1.73. The molecule has 0 aliphatic rings. The number of benzene rings is 2. The number of carbonyl (C=O) groups excluding carboxylic acids is 1. The Labute approximate surface area is 168 Å². The minimum Gasteiger partial charge on any atom is -0.497 e. The average molecular weight is 396 g/mol. The maximum Gasteiger partial charge on any atom is 0.336 e. The summed E-state index contributed by atoms with van der Waals surface area (Å²) >= 11 is 0. The number of carbonyl (C=O) groups is 1. The van der Waals surface area contributed by atoms with Crippen LogP contribution < -0.4 is 20.4 Å². The second-order valence-electron chi connectivity index (χ2n) is 6.53. The normalized spacial score (nSPS) is 10.9. The number of nitrogens with zero attached hydrogens (tertiary/aromatic N) is 1. The fraction of sp³-hybridized carbons (Fsp3) is 0.273. The molecule has 1 N–H and O–H groups in total. The third-order valence-corrected chi connectivity index (χ3v) is 4.62. The molecule has 0 saturated heterocycles. The van der Waals surface area contributed by atoms with Crippen molar-refractivity contribution in [3.05, 3.63) is 64.5 Å². The molecular formula is C22H24N2O5. The lowest BCUT2D eigenvalue weighted by Gasteiger charge is -2.20. The van der Waals surface area contributed by atoms with Crippen molar-refractivity contribution in [2.45, 2.75) is 13.5 Å². The van der Waals surface area contributed by atoms with E-state index in [2.05, 4.69) is 5.32 Å². The molecule has 0 bridgehead atoms. The molecule has 0 radical (unpaired) electrons. The zero-order valence-corrected chi connectivity index (χ0v) is 16.7. The van der Waals surface area contributed by atoms with Crippen molar-refractivity contribution < 1.29 is 18.7 Å². The quantitative estimate of drug-likeness (QED) is 0.589. The second kappa shape index (κ2) is 9.25. The molecule has 7 nitrogen and oxygen atoms in total. The second-order valence-corrected chi connectivity index (χ2v) is 6.53. The highest BCUT2D eigenvalue weighted by Gasteiger charge is 2.14. The standard InChI is InChI=1S/C22H24N2O5/c1-4-24(14-21(25)23-16-5-7-17(27-2)8-6-16)13-15-11-22(26)29-20-12-18(28-3)9-10-19(15)20/h5-12H,4,13-14H2,1-3H3,(H,23,25). The highest BCUT2D eigenvalue weighted by molar-refractivity contribution is 5.92. The fourth-order valence-corrected chi connectivity index (χ4v) is 3.07. The first-order valence-corrected chi connectivity index (χ1v) is 9.29. The monoisotopic (exact) mass is 396 g/mol. The number of amides is 1. The molecule has 29 heavy (non-hydrogen) atoms. The summed E-state index contributed by atoms with van der Waals surface area (Å²) in [5, 5.41) is 3.69. The Kier molecular flexibility index (Phi) is 6.51. The van der Waals surface area contributed by atoms with Gasteiger partial charge in [-0.05, 0) is 48.5 Å².